The Kier molecular flexibility index (Phi) is 9.81. The van der Waals surface area contributed by atoms with Gasteiger partial charge in [-0.3, -0.25) is 0 Å². The van der Waals surface area contributed by atoms with Crippen molar-refractivity contribution in [2.24, 2.45) is 5.92 Å². The van der Waals surface area contributed by atoms with Crippen LogP contribution in [0.2, 0.25) is 0 Å². The molecule has 6 heteroatoms. The van der Waals surface area contributed by atoms with Crippen LogP contribution >= 0.6 is 0 Å². The Hall–Kier alpha value is -1.73. The standard InChI is InChI=1S/C23H34O6/c1-16-12-17(2)14-20-9-4-7-19(28-20)8-5-11-23(27)29-22(21(26)15-24)10-3-6-18(25)13-16/h3-7,11,17-22,24-26H,1,8-10,12-15H2,2H3/b6-3+,11-5+. The number of carbonyl (C=O) groups is 1. The largest absolute Gasteiger partial charge is 0.456 e. The van der Waals surface area contributed by atoms with Crippen molar-refractivity contribution in [3.63, 3.8) is 0 Å². The molecule has 0 aromatic carbocycles. The molecule has 2 rings (SSSR count). The van der Waals surface area contributed by atoms with Crippen molar-refractivity contribution >= 4 is 5.97 Å². The van der Waals surface area contributed by atoms with E-state index < -0.39 is 30.9 Å². The van der Waals surface area contributed by atoms with Gasteiger partial charge in [-0.05, 0) is 38.0 Å². The van der Waals surface area contributed by atoms with Crippen molar-refractivity contribution in [1.82, 2.24) is 0 Å². The zero-order valence-corrected chi connectivity index (χ0v) is 17.2. The highest BCUT2D eigenvalue weighted by atomic mass is 16.6. The fourth-order valence-electron chi connectivity index (χ4n) is 3.75. The molecule has 0 saturated carbocycles. The van der Waals surface area contributed by atoms with Gasteiger partial charge in [-0.25, -0.2) is 4.79 Å². The number of hydrogen-bond acceptors (Lipinski definition) is 6. The summed E-state index contributed by atoms with van der Waals surface area (Å²) in [6.45, 7) is 5.74. The summed E-state index contributed by atoms with van der Waals surface area (Å²) in [5.74, 6) is -0.194. The summed E-state index contributed by atoms with van der Waals surface area (Å²) in [6.07, 6.45) is 11.5. The molecule has 0 spiro atoms. The first-order valence-corrected chi connectivity index (χ1v) is 10.4. The minimum atomic E-state index is -1.19. The molecule has 29 heavy (non-hydrogen) atoms. The van der Waals surface area contributed by atoms with Crippen LogP contribution in [0.25, 0.3) is 0 Å². The molecule has 2 aliphatic heterocycles. The number of aliphatic hydroxyl groups is 3. The maximum Gasteiger partial charge on any atom is 0.330 e. The minimum Gasteiger partial charge on any atom is -0.456 e. The van der Waals surface area contributed by atoms with Crippen molar-refractivity contribution in [1.29, 1.82) is 0 Å². The third-order valence-corrected chi connectivity index (χ3v) is 5.15. The van der Waals surface area contributed by atoms with E-state index in [0.29, 0.717) is 18.8 Å². The van der Waals surface area contributed by atoms with Crippen molar-refractivity contribution in [3.05, 3.63) is 48.6 Å². The van der Waals surface area contributed by atoms with Gasteiger partial charge in [0.2, 0.25) is 0 Å². The van der Waals surface area contributed by atoms with E-state index in [1.165, 1.54) is 6.08 Å². The number of aliphatic hydroxyl groups excluding tert-OH is 3. The lowest BCUT2D eigenvalue weighted by Gasteiger charge is -2.28. The zero-order valence-electron chi connectivity index (χ0n) is 17.2. The van der Waals surface area contributed by atoms with E-state index in [4.69, 9.17) is 9.47 Å². The van der Waals surface area contributed by atoms with Crippen LogP contribution in [0.5, 0.6) is 0 Å². The fraction of sp³-hybridized carbons (Fsp3) is 0.609. The fourth-order valence-corrected chi connectivity index (χ4v) is 3.75. The molecule has 0 aromatic rings. The second-order valence-corrected chi connectivity index (χ2v) is 8.05. The van der Waals surface area contributed by atoms with Crippen LogP contribution in [-0.2, 0) is 14.3 Å². The molecule has 6 atom stereocenters. The smallest absolute Gasteiger partial charge is 0.330 e. The summed E-state index contributed by atoms with van der Waals surface area (Å²) >= 11 is 0. The van der Waals surface area contributed by atoms with E-state index in [1.54, 1.807) is 18.2 Å². The number of esters is 1. The zero-order chi connectivity index (χ0) is 21.2. The Labute approximate surface area is 173 Å². The molecule has 0 aromatic heterocycles. The van der Waals surface area contributed by atoms with Crippen molar-refractivity contribution in [2.45, 2.75) is 76.0 Å². The highest BCUT2D eigenvalue weighted by molar-refractivity contribution is 5.82. The number of fused-ring (bicyclic) bond motifs is 2. The average Bonchev–Trinajstić information content (AvgIpc) is 2.65. The van der Waals surface area contributed by atoms with Crippen LogP contribution in [0.4, 0.5) is 0 Å². The van der Waals surface area contributed by atoms with Crippen LogP contribution in [0.3, 0.4) is 0 Å². The Bertz CT molecular complexity index is 623. The summed E-state index contributed by atoms with van der Waals surface area (Å²) in [5, 5.41) is 29.4. The Morgan fingerprint density at radius 2 is 1.93 bits per heavy atom. The summed E-state index contributed by atoms with van der Waals surface area (Å²) in [4.78, 5) is 12.1. The number of cyclic esters (lactones) is 1. The van der Waals surface area contributed by atoms with E-state index in [0.717, 1.165) is 24.8 Å². The SMILES string of the molecule is C=C1CC(O)/C=C/CC(C(O)CO)OC(=O)/C=C/CC2C=CCC(CC(C)C1)O2. The number of hydrogen-bond donors (Lipinski definition) is 3. The highest BCUT2D eigenvalue weighted by Gasteiger charge is 2.22. The molecule has 0 saturated heterocycles. The lowest BCUT2D eigenvalue weighted by atomic mass is 9.91. The van der Waals surface area contributed by atoms with Gasteiger partial charge in [0.1, 0.15) is 12.2 Å². The molecule has 6 unspecified atom stereocenters. The molecule has 0 radical (unpaired) electrons. The summed E-state index contributed by atoms with van der Waals surface area (Å²) in [7, 11) is 0. The lowest BCUT2D eigenvalue weighted by Crippen LogP contribution is -2.33. The first-order chi connectivity index (χ1) is 13.9. The monoisotopic (exact) mass is 406 g/mol. The second-order valence-electron chi connectivity index (χ2n) is 8.05. The lowest BCUT2D eigenvalue weighted by molar-refractivity contribution is -0.150. The van der Waals surface area contributed by atoms with Gasteiger partial charge >= 0.3 is 5.97 Å². The molecule has 3 N–H and O–H groups in total. The predicted molar refractivity (Wildman–Crippen MR) is 111 cm³/mol. The first-order valence-electron chi connectivity index (χ1n) is 10.4. The van der Waals surface area contributed by atoms with E-state index in [-0.39, 0.29) is 18.6 Å². The van der Waals surface area contributed by atoms with E-state index >= 15 is 0 Å². The second kappa shape index (κ2) is 12.1. The van der Waals surface area contributed by atoms with Gasteiger partial charge < -0.3 is 24.8 Å². The number of ether oxygens (including phenoxy) is 2. The molecule has 0 fully saturated rings. The van der Waals surface area contributed by atoms with Crippen molar-refractivity contribution in [3.8, 4) is 0 Å². The highest BCUT2D eigenvalue weighted by Crippen LogP contribution is 2.25. The van der Waals surface area contributed by atoms with Crippen LogP contribution in [0.1, 0.15) is 45.4 Å². The van der Waals surface area contributed by atoms with Crippen molar-refractivity contribution in [2.75, 3.05) is 6.61 Å². The van der Waals surface area contributed by atoms with Gasteiger partial charge in [-0.2, -0.15) is 0 Å². The predicted octanol–water partition coefficient (Wildman–Crippen LogP) is 2.59. The minimum absolute atomic E-state index is 0.0873. The normalized spacial score (nSPS) is 35.8. The molecule has 2 heterocycles. The van der Waals surface area contributed by atoms with E-state index in [9.17, 15) is 20.1 Å². The molecular formula is C23H34O6. The summed E-state index contributed by atoms with van der Waals surface area (Å²) in [5.41, 5.74) is 0.972. The van der Waals surface area contributed by atoms with Crippen LogP contribution in [0.15, 0.2) is 48.6 Å². The van der Waals surface area contributed by atoms with E-state index in [2.05, 4.69) is 19.6 Å². The summed E-state index contributed by atoms with van der Waals surface area (Å²) < 4.78 is 11.4. The summed E-state index contributed by atoms with van der Waals surface area (Å²) in [6, 6.07) is 0. The third-order valence-electron chi connectivity index (χ3n) is 5.15. The molecule has 0 amide bonds. The van der Waals surface area contributed by atoms with Gasteiger partial charge in [-0.15, -0.1) is 0 Å². The molecule has 2 bridgehead atoms. The van der Waals surface area contributed by atoms with E-state index in [1.807, 2.05) is 6.08 Å². The van der Waals surface area contributed by atoms with Gasteiger partial charge in [0.25, 0.3) is 0 Å². The average molecular weight is 407 g/mol. The van der Waals surface area contributed by atoms with Crippen LogP contribution < -0.4 is 0 Å². The maximum absolute atomic E-state index is 12.1. The van der Waals surface area contributed by atoms with Gasteiger partial charge in [0, 0.05) is 12.5 Å². The van der Waals surface area contributed by atoms with Crippen LogP contribution in [0, 0.1) is 5.92 Å². The maximum atomic E-state index is 12.1. The van der Waals surface area contributed by atoms with Gasteiger partial charge in [0.05, 0.1) is 24.9 Å². The molecule has 0 aliphatic carbocycles. The third kappa shape index (κ3) is 8.66. The molecule has 6 nitrogen and oxygen atoms in total. The first kappa shape index (κ1) is 23.5. The Morgan fingerprint density at radius 1 is 1.17 bits per heavy atom. The Morgan fingerprint density at radius 3 is 2.69 bits per heavy atom. The molecule has 162 valence electrons. The molecular weight excluding hydrogens is 372 g/mol. The van der Waals surface area contributed by atoms with Crippen LogP contribution in [-0.4, -0.2) is 58.4 Å². The van der Waals surface area contributed by atoms with Gasteiger partial charge in [0.15, 0.2) is 0 Å². The number of carbonyl (C=O) groups excluding carboxylic acids is 1. The molecule has 2 aliphatic rings. The number of rotatable bonds is 2. The van der Waals surface area contributed by atoms with Gasteiger partial charge in [-0.1, -0.05) is 49.5 Å². The Balaban J connectivity index is 2.11. The quantitative estimate of drug-likeness (QED) is 0.482. The topological polar surface area (TPSA) is 96.2 Å². The van der Waals surface area contributed by atoms with Crippen molar-refractivity contribution < 1.29 is 29.6 Å².